The lowest BCUT2D eigenvalue weighted by Gasteiger charge is -2.39. The van der Waals surface area contributed by atoms with E-state index in [1.807, 2.05) is 54.6 Å². The van der Waals surface area contributed by atoms with Crippen LogP contribution in [0.2, 0.25) is 0 Å². The van der Waals surface area contributed by atoms with Gasteiger partial charge in [0.15, 0.2) is 0 Å². The van der Waals surface area contributed by atoms with Crippen molar-refractivity contribution in [2.24, 2.45) is 0 Å². The van der Waals surface area contributed by atoms with E-state index in [0.29, 0.717) is 18.8 Å². The first kappa shape index (κ1) is 29.1. The second kappa shape index (κ2) is 12.7. The van der Waals surface area contributed by atoms with Crippen LogP contribution in [0.1, 0.15) is 34.6 Å². The molecule has 1 N–H and O–H groups in total. The first-order valence-electron chi connectivity index (χ1n) is 14.6. The molecular formula is C38H35BrN2O2. The van der Waals surface area contributed by atoms with E-state index in [2.05, 4.69) is 101 Å². The van der Waals surface area contributed by atoms with E-state index in [4.69, 9.17) is 9.72 Å². The molecule has 1 aromatic heterocycles. The van der Waals surface area contributed by atoms with Crippen molar-refractivity contribution in [2.45, 2.75) is 24.5 Å². The van der Waals surface area contributed by atoms with Crippen molar-refractivity contribution in [3.8, 4) is 5.88 Å². The van der Waals surface area contributed by atoms with Crippen molar-refractivity contribution >= 4 is 37.6 Å². The lowest BCUT2D eigenvalue weighted by Crippen LogP contribution is -2.38. The molecule has 5 heteroatoms. The summed E-state index contributed by atoms with van der Waals surface area (Å²) < 4.78 is 6.94. The molecule has 0 amide bonds. The van der Waals surface area contributed by atoms with Gasteiger partial charge >= 0.3 is 0 Å². The van der Waals surface area contributed by atoms with Gasteiger partial charge in [0, 0.05) is 34.4 Å². The zero-order valence-electron chi connectivity index (χ0n) is 24.5. The van der Waals surface area contributed by atoms with Crippen molar-refractivity contribution in [1.29, 1.82) is 0 Å². The highest BCUT2D eigenvalue weighted by Crippen LogP contribution is 2.49. The molecule has 6 rings (SSSR count). The van der Waals surface area contributed by atoms with Gasteiger partial charge in [-0.3, -0.25) is 0 Å². The second-order valence-electron chi connectivity index (χ2n) is 11.2. The van der Waals surface area contributed by atoms with Crippen molar-refractivity contribution in [3.63, 3.8) is 0 Å². The summed E-state index contributed by atoms with van der Waals surface area (Å²) >= 11 is 3.63. The van der Waals surface area contributed by atoms with Gasteiger partial charge in [-0.25, -0.2) is 4.98 Å². The Morgan fingerprint density at radius 1 is 0.814 bits per heavy atom. The molecule has 2 atom stereocenters. The third kappa shape index (κ3) is 6.07. The number of hydrogen-bond acceptors (Lipinski definition) is 4. The molecule has 0 aliphatic rings. The van der Waals surface area contributed by atoms with Gasteiger partial charge < -0.3 is 14.7 Å². The Balaban J connectivity index is 1.56. The van der Waals surface area contributed by atoms with E-state index in [9.17, 15) is 5.11 Å². The molecule has 0 radical (unpaired) electrons. The first-order valence-corrected chi connectivity index (χ1v) is 15.4. The number of pyridine rings is 1. The molecule has 1 heterocycles. The number of methoxy groups -OCH3 is 1. The van der Waals surface area contributed by atoms with Crippen LogP contribution in [-0.2, 0) is 12.1 Å². The number of halogens is 1. The number of nitrogens with zero attached hydrogens (tertiary/aromatic N) is 2. The van der Waals surface area contributed by atoms with Crippen molar-refractivity contribution < 1.29 is 9.84 Å². The number of rotatable bonds is 10. The third-order valence-electron chi connectivity index (χ3n) is 8.31. The maximum atomic E-state index is 13.4. The lowest BCUT2D eigenvalue weighted by molar-refractivity contribution is 0.00308. The molecule has 216 valence electrons. The second-order valence-corrected chi connectivity index (χ2v) is 12.1. The van der Waals surface area contributed by atoms with Crippen LogP contribution in [0.4, 0.5) is 0 Å². The van der Waals surface area contributed by atoms with Gasteiger partial charge in [0.1, 0.15) is 5.60 Å². The Hall–Kier alpha value is -4.03. The number of aliphatic hydroxyl groups is 1. The van der Waals surface area contributed by atoms with Crippen LogP contribution in [0.15, 0.2) is 132 Å². The van der Waals surface area contributed by atoms with E-state index in [1.54, 1.807) is 7.11 Å². The number of aromatic nitrogens is 1. The van der Waals surface area contributed by atoms with Crippen LogP contribution in [-0.4, -0.2) is 35.7 Å². The number of ether oxygens (including phenoxy) is 1. The average molecular weight is 632 g/mol. The molecule has 0 aliphatic carbocycles. The average Bonchev–Trinajstić information content (AvgIpc) is 3.04. The quantitative estimate of drug-likeness (QED) is 0.164. The summed E-state index contributed by atoms with van der Waals surface area (Å²) in [6.45, 7) is 1.46. The lowest BCUT2D eigenvalue weighted by atomic mass is 9.70. The SMILES string of the molecule is COc1nc2ccc(Br)cc2cc1C(c1ccccc1)C(O)(CCN(C)Cc1ccccc1)c1cccc2ccccc12. The van der Waals surface area contributed by atoms with Gasteiger partial charge in [0.05, 0.1) is 12.6 Å². The van der Waals surface area contributed by atoms with E-state index in [0.717, 1.165) is 49.4 Å². The fourth-order valence-electron chi connectivity index (χ4n) is 6.25. The van der Waals surface area contributed by atoms with Crippen molar-refractivity contribution in [1.82, 2.24) is 9.88 Å². The van der Waals surface area contributed by atoms with Crippen LogP contribution < -0.4 is 4.74 Å². The summed E-state index contributed by atoms with van der Waals surface area (Å²) in [7, 11) is 3.77. The summed E-state index contributed by atoms with van der Waals surface area (Å²) in [4.78, 5) is 7.22. The molecule has 0 fully saturated rings. The molecule has 0 saturated carbocycles. The Morgan fingerprint density at radius 2 is 1.51 bits per heavy atom. The number of fused-ring (bicyclic) bond motifs is 2. The Bertz CT molecular complexity index is 1840. The summed E-state index contributed by atoms with van der Waals surface area (Å²) in [6, 6.07) is 43.4. The van der Waals surface area contributed by atoms with E-state index >= 15 is 0 Å². The van der Waals surface area contributed by atoms with E-state index in [-0.39, 0.29) is 0 Å². The number of benzene rings is 5. The normalized spacial score (nSPS) is 13.7. The maximum Gasteiger partial charge on any atom is 0.217 e. The minimum atomic E-state index is -1.30. The van der Waals surface area contributed by atoms with Gasteiger partial charge in [-0.2, -0.15) is 0 Å². The van der Waals surface area contributed by atoms with Crippen LogP contribution in [0.3, 0.4) is 0 Å². The van der Waals surface area contributed by atoms with Crippen molar-refractivity contribution in [3.05, 3.63) is 154 Å². The highest BCUT2D eigenvalue weighted by Gasteiger charge is 2.43. The fraction of sp³-hybridized carbons (Fsp3) is 0.184. The molecule has 0 saturated heterocycles. The molecule has 5 aromatic carbocycles. The predicted molar refractivity (Wildman–Crippen MR) is 180 cm³/mol. The zero-order valence-corrected chi connectivity index (χ0v) is 26.0. The predicted octanol–water partition coefficient (Wildman–Crippen LogP) is 8.70. The van der Waals surface area contributed by atoms with E-state index < -0.39 is 11.5 Å². The van der Waals surface area contributed by atoms with Gasteiger partial charge in [-0.15, -0.1) is 0 Å². The molecule has 0 bridgehead atoms. The first-order chi connectivity index (χ1) is 21.0. The standard InChI is InChI=1S/C38H35BrN2O2/c1-41(26-27-12-5-3-6-13-27)23-22-38(42,34-19-11-17-28-14-9-10-18-32(28)34)36(29-15-7-4-8-16-29)33-25-30-24-31(39)20-21-35(30)40-37(33)43-2/h3-21,24-25,36,42H,22-23,26H2,1-2H3. The molecular weight excluding hydrogens is 596 g/mol. The minimum Gasteiger partial charge on any atom is -0.481 e. The van der Waals surface area contributed by atoms with Crippen LogP contribution in [0, 0.1) is 0 Å². The highest BCUT2D eigenvalue weighted by molar-refractivity contribution is 9.10. The minimum absolute atomic E-state index is 0.463. The van der Waals surface area contributed by atoms with Crippen LogP contribution >= 0.6 is 15.9 Å². The summed E-state index contributed by atoms with van der Waals surface area (Å²) in [5, 5.41) is 16.5. The van der Waals surface area contributed by atoms with Gasteiger partial charge in [0.25, 0.3) is 0 Å². The topological polar surface area (TPSA) is 45.6 Å². The largest absolute Gasteiger partial charge is 0.481 e. The van der Waals surface area contributed by atoms with E-state index in [1.165, 1.54) is 5.56 Å². The monoisotopic (exact) mass is 630 g/mol. The zero-order chi connectivity index (χ0) is 29.8. The smallest absolute Gasteiger partial charge is 0.217 e. The van der Waals surface area contributed by atoms with Crippen molar-refractivity contribution in [2.75, 3.05) is 20.7 Å². The molecule has 4 nitrogen and oxygen atoms in total. The van der Waals surface area contributed by atoms with Gasteiger partial charge in [-0.1, -0.05) is 119 Å². The molecule has 6 aromatic rings. The highest BCUT2D eigenvalue weighted by atomic mass is 79.9. The fourth-order valence-corrected chi connectivity index (χ4v) is 6.63. The Kier molecular flexibility index (Phi) is 8.57. The number of hydrogen-bond donors (Lipinski definition) is 1. The Labute approximate surface area is 261 Å². The molecule has 2 unspecified atom stereocenters. The Morgan fingerprint density at radius 3 is 2.28 bits per heavy atom. The maximum absolute atomic E-state index is 13.4. The van der Waals surface area contributed by atoms with Gasteiger partial charge in [0.2, 0.25) is 5.88 Å². The van der Waals surface area contributed by atoms with Crippen LogP contribution in [0.5, 0.6) is 5.88 Å². The summed E-state index contributed by atoms with van der Waals surface area (Å²) in [6.07, 6.45) is 0.490. The third-order valence-corrected chi connectivity index (χ3v) is 8.80. The molecule has 0 spiro atoms. The summed E-state index contributed by atoms with van der Waals surface area (Å²) in [5.74, 6) is 0.0513. The molecule has 0 aliphatic heterocycles. The van der Waals surface area contributed by atoms with Crippen LogP contribution in [0.25, 0.3) is 21.7 Å². The summed E-state index contributed by atoms with van der Waals surface area (Å²) in [5.41, 5.74) is 3.51. The van der Waals surface area contributed by atoms with Gasteiger partial charge in [-0.05, 0) is 65.2 Å². The molecule has 43 heavy (non-hydrogen) atoms.